The lowest BCUT2D eigenvalue weighted by atomic mass is 9.89. The summed E-state index contributed by atoms with van der Waals surface area (Å²) in [5, 5.41) is 0.846. The molecule has 0 atom stereocenters. The minimum Gasteiger partial charge on any atom is -0.290 e. The minimum atomic E-state index is -0.284. The van der Waals surface area contributed by atoms with Crippen LogP contribution in [0.15, 0.2) is 18.2 Å². The van der Waals surface area contributed by atoms with Gasteiger partial charge in [0.2, 0.25) is 0 Å². The van der Waals surface area contributed by atoms with E-state index in [1.807, 2.05) is 26.0 Å². The average Bonchev–Trinajstić information content (AvgIpc) is 2.35. The fourth-order valence-electron chi connectivity index (χ4n) is 2.33. The molecule has 0 unspecified atom stereocenters. The molecule has 106 valence electrons. The molecule has 20 heavy (non-hydrogen) atoms. The van der Waals surface area contributed by atoms with E-state index in [0.717, 1.165) is 27.7 Å². The van der Waals surface area contributed by atoms with Crippen LogP contribution in [0, 0.1) is 13.8 Å². The van der Waals surface area contributed by atoms with Gasteiger partial charge in [-0.2, -0.15) is 0 Å². The normalized spacial score (nSPS) is 11.7. The van der Waals surface area contributed by atoms with Crippen LogP contribution in [0.1, 0.15) is 48.0 Å². The number of nitrogens with zero attached hydrogens (tertiary/aromatic N) is 1. The number of aryl methyl sites for hydroxylation is 2. The Kier molecular flexibility index (Phi) is 3.52. The van der Waals surface area contributed by atoms with Crippen LogP contribution < -0.4 is 11.3 Å². The van der Waals surface area contributed by atoms with Gasteiger partial charge in [-0.25, -0.2) is 5.84 Å². The lowest BCUT2D eigenvalue weighted by molar-refractivity contribution is 0.0955. The molecule has 1 aromatic carbocycles. The Hall–Kier alpha value is -1.94. The van der Waals surface area contributed by atoms with E-state index in [1.165, 1.54) is 0 Å². The van der Waals surface area contributed by atoms with E-state index in [0.29, 0.717) is 5.56 Å². The molecule has 0 bridgehead atoms. The number of aromatic nitrogens is 1. The van der Waals surface area contributed by atoms with Crippen LogP contribution in [0.3, 0.4) is 0 Å². The van der Waals surface area contributed by atoms with Crippen molar-refractivity contribution in [2.75, 3.05) is 0 Å². The Labute approximate surface area is 119 Å². The molecule has 0 spiro atoms. The lowest BCUT2D eigenvalue weighted by Gasteiger charge is -2.20. The van der Waals surface area contributed by atoms with Crippen molar-refractivity contribution in [1.29, 1.82) is 0 Å². The van der Waals surface area contributed by atoms with Crippen molar-refractivity contribution < 1.29 is 4.79 Å². The van der Waals surface area contributed by atoms with Crippen molar-refractivity contribution in [3.8, 4) is 0 Å². The van der Waals surface area contributed by atoms with E-state index in [2.05, 4.69) is 32.3 Å². The summed E-state index contributed by atoms with van der Waals surface area (Å²) in [6.45, 7) is 10.3. The summed E-state index contributed by atoms with van der Waals surface area (Å²) in [5.41, 5.74) is 6.59. The third-order valence-electron chi connectivity index (χ3n) is 3.39. The van der Waals surface area contributed by atoms with E-state index >= 15 is 0 Å². The highest BCUT2D eigenvalue weighted by Gasteiger charge is 2.21. The van der Waals surface area contributed by atoms with E-state index in [-0.39, 0.29) is 11.3 Å². The highest BCUT2D eigenvalue weighted by molar-refractivity contribution is 6.06. The average molecular weight is 271 g/mol. The zero-order chi connectivity index (χ0) is 15.1. The van der Waals surface area contributed by atoms with Crippen molar-refractivity contribution in [2.24, 2.45) is 5.84 Å². The van der Waals surface area contributed by atoms with Crippen LogP contribution in [0.25, 0.3) is 10.9 Å². The molecule has 1 amide bonds. The maximum Gasteiger partial charge on any atom is 0.265 e. The largest absolute Gasteiger partial charge is 0.290 e. The van der Waals surface area contributed by atoms with E-state index in [1.54, 1.807) is 0 Å². The SMILES string of the molecule is Cc1cc(C)c2nc(C(C)(C)C)cc(C(=O)NN)c2c1. The van der Waals surface area contributed by atoms with Crippen LogP contribution in [0.4, 0.5) is 0 Å². The van der Waals surface area contributed by atoms with Gasteiger partial charge in [0.05, 0.1) is 11.1 Å². The molecule has 0 aliphatic carbocycles. The second-order valence-corrected chi connectivity index (χ2v) is 6.26. The predicted octanol–water partition coefficient (Wildman–Crippen LogP) is 2.75. The van der Waals surface area contributed by atoms with Gasteiger partial charge in [0.15, 0.2) is 0 Å². The molecule has 0 fully saturated rings. The number of nitrogens with one attached hydrogen (secondary N) is 1. The lowest BCUT2D eigenvalue weighted by Crippen LogP contribution is -2.30. The monoisotopic (exact) mass is 271 g/mol. The summed E-state index contributed by atoms with van der Waals surface area (Å²) in [6.07, 6.45) is 0. The zero-order valence-corrected chi connectivity index (χ0v) is 12.7. The number of pyridine rings is 1. The molecule has 1 heterocycles. The van der Waals surface area contributed by atoms with Crippen LogP contribution in [-0.2, 0) is 5.41 Å². The Balaban J connectivity index is 2.89. The smallest absolute Gasteiger partial charge is 0.265 e. The number of nitrogens with two attached hydrogens (primary N) is 1. The Morgan fingerprint density at radius 2 is 1.85 bits per heavy atom. The first-order valence-corrected chi connectivity index (χ1v) is 6.67. The van der Waals surface area contributed by atoms with Crippen molar-refractivity contribution in [2.45, 2.75) is 40.0 Å². The van der Waals surface area contributed by atoms with Gasteiger partial charge in [0, 0.05) is 16.5 Å². The van der Waals surface area contributed by atoms with E-state index in [9.17, 15) is 4.79 Å². The van der Waals surface area contributed by atoms with Gasteiger partial charge in [-0.1, -0.05) is 32.4 Å². The Morgan fingerprint density at radius 1 is 1.20 bits per heavy atom. The van der Waals surface area contributed by atoms with Gasteiger partial charge in [0.1, 0.15) is 0 Å². The molecule has 3 N–H and O–H groups in total. The molecular formula is C16H21N3O. The highest BCUT2D eigenvalue weighted by atomic mass is 16.2. The number of hydrazine groups is 1. The second-order valence-electron chi connectivity index (χ2n) is 6.26. The molecule has 0 saturated heterocycles. The van der Waals surface area contributed by atoms with Gasteiger partial charge in [0.25, 0.3) is 5.91 Å². The van der Waals surface area contributed by atoms with Gasteiger partial charge < -0.3 is 0 Å². The van der Waals surface area contributed by atoms with Crippen molar-refractivity contribution in [3.63, 3.8) is 0 Å². The highest BCUT2D eigenvalue weighted by Crippen LogP contribution is 2.28. The molecule has 4 heteroatoms. The number of fused-ring (bicyclic) bond motifs is 1. The summed E-state index contributed by atoms with van der Waals surface area (Å²) in [6, 6.07) is 5.89. The molecule has 0 radical (unpaired) electrons. The van der Waals surface area contributed by atoms with E-state index < -0.39 is 0 Å². The number of carbonyl (C=O) groups excluding carboxylic acids is 1. The molecule has 1 aromatic heterocycles. The summed E-state index contributed by atoms with van der Waals surface area (Å²) in [4.78, 5) is 16.8. The molecular weight excluding hydrogens is 250 g/mol. The minimum absolute atomic E-state index is 0.130. The van der Waals surface area contributed by atoms with Gasteiger partial charge in [-0.05, 0) is 31.5 Å². The van der Waals surface area contributed by atoms with E-state index in [4.69, 9.17) is 10.8 Å². The first kappa shape index (κ1) is 14.5. The fourth-order valence-corrected chi connectivity index (χ4v) is 2.33. The standard InChI is InChI=1S/C16H21N3O/c1-9-6-10(2)14-11(7-9)12(15(20)19-17)8-13(18-14)16(3,4)5/h6-8H,17H2,1-5H3,(H,19,20). The quantitative estimate of drug-likeness (QED) is 0.476. The molecule has 0 aliphatic heterocycles. The van der Waals surface area contributed by atoms with Crippen molar-refractivity contribution >= 4 is 16.8 Å². The molecule has 2 aromatic rings. The third-order valence-corrected chi connectivity index (χ3v) is 3.39. The number of hydrogen-bond donors (Lipinski definition) is 2. The summed E-state index contributed by atoms with van der Waals surface area (Å²) in [7, 11) is 0. The van der Waals surface area contributed by atoms with Crippen LogP contribution in [0.5, 0.6) is 0 Å². The molecule has 0 saturated carbocycles. The number of rotatable bonds is 1. The first-order valence-electron chi connectivity index (χ1n) is 6.67. The molecule has 4 nitrogen and oxygen atoms in total. The second kappa shape index (κ2) is 4.87. The maximum absolute atomic E-state index is 12.1. The number of amides is 1. The zero-order valence-electron chi connectivity index (χ0n) is 12.7. The van der Waals surface area contributed by atoms with Crippen LogP contribution >= 0.6 is 0 Å². The van der Waals surface area contributed by atoms with Crippen LogP contribution in [-0.4, -0.2) is 10.9 Å². The maximum atomic E-state index is 12.1. The number of hydrogen-bond acceptors (Lipinski definition) is 3. The van der Waals surface area contributed by atoms with Gasteiger partial charge >= 0.3 is 0 Å². The number of nitrogen functional groups attached to an aromatic ring is 1. The number of carbonyl (C=O) groups is 1. The molecule has 0 aliphatic rings. The summed E-state index contributed by atoms with van der Waals surface area (Å²) in [5.74, 6) is 5.03. The predicted molar refractivity (Wildman–Crippen MR) is 81.6 cm³/mol. The topological polar surface area (TPSA) is 68.0 Å². The molecule has 2 rings (SSSR count). The Bertz CT molecular complexity index is 684. The van der Waals surface area contributed by atoms with Gasteiger partial charge in [-0.3, -0.25) is 15.2 Å². The fraction of sp³-hybridized carbons (Fsp3) is 0.375. The Morgan fingerprint density at radius 3 is 2.40 bits per heavy atom. The number of benzene rings is 1. The van der Waals surface area contributed by atoms with Crippen LogP contribution in [0.2, 0.25) is 0 Å². The van der Waals surface area contributed by atoms with Gasteiger partial charge in [-0.15, -0.1) is 0 Å². The van der Waals surface area contributed by atoms with Crippen molar-refractivity contribution in [1.82, 2.24) is 10.4 Å². The van der Waals surface area contributed by atoms with Crippen molar-refractivity contribution in [3.05, 3.63) is 40.6 Å². The first-order chi connectivity index (χ1) is 9.24. The summed E-state index contributed by atoms with van der Waals surface area (Å²) < 4.78 is 0. The third kappa shape index (κ3) is 2.51. The summed E-state index contributed by atoms with van der Waals surface area (Å²) >= 11 is 0.